The van der Waals surface area contributed by atoms with Crippen molar-refractivity contribution in [1.29, 1.82) is 0 Å². The lowest BCUT2D eigenvalue weighted by Crippen LogP contribution is -2.19. The van der Waals surface area contributed by atoms with Gasteiger partial charge in [0.1, 0.15) is 0 Å². The van der Waals surface area contributed by atoms with Crippen LogP contribution in [0, 0.1) is 5.92 Å². The highest BCUT2D eigenvalue weighted by Crippen LogP contribution is 2.26. The van der Waals surface area contributed by atoms with Gasteiger partial charge in [0.15, 0.2) is 0 Å². The Balaban J connectivity index is 1.53. The fourth-order valence-electron chi connectivity index (χ4n) is 2.64. The Morgan fingerprint density at radius 2 is 2.17 bits per heavy atom. The van der Waals surface area contributed by atoms with E-state index in [1.165, 1.54) is 31.6 Å². The molecule has 1 aromatic carbocycles. The zero-order chi connectivity index (χ0) is 12.2. The molecule has 0 bridgehead atoms. The first-order valence-electron chi connectivity index (χ1n) is 6.56. The Hall–Kier alpha value is -1.84. The first-order chi connectivity index (χ1) is 8.92. The third kappa shape index (κ3) is 2.53. The second-order valence-electron chi connectivity index (χ2n) is 4.94. The average Bonchev–Trinajstić information content (AvgIpc) is 3.09. The molecule has 1 aliphatic rings. The van der Waals surface area contributed by atoms with E-state index in [9.17, 15) is 0 Å². The molecule has 1 aliphatic heterocycles. The summed E-state index contributed by atoms with van der Waals surface area (Å²) in [6.45, 7) is 2.34. The molecule has 94 valence electrons. The number of para-hydroxylation sites is 1. The van der Waals surface area contributed by atoms with Gasteiger partial charge in [0.05, 0.1) is 11.9 Å². The van der Waals surface area contributed by atoms with Crippen molar-refractivity contribution >= 4 is 5.69 Å². The van der Waals surface area contributed by atoms with Crippen molar-refractivity contribution in [3.63, 3.8) is 0 Å². The summed E-state index contributed by atoms with van der Waals surface area (Å²) in [5.74, 6) is 0.780. The summed E-state index contributed by atoms with van der Waals surface area (Å²) in [7, 11) is 0. The molecule has 4 heteroatoms. The van der Waals surface area contributed by atoms with E-state index in [-0.39, 0.29) is 0 Å². The molecule has 2 aromatic rings. The van der Waals surface area contributed by atoms with Gasteiger partial charge in [-0.3, -0.25) is 0 Å². The summed E-state index contributed by atoms with van der Waals surface area (Å²) in [6, 6.07) is 10.7. The van der Waals surface area contributed by atoms with Gasteiger partial charge in [0.2, 0.25) is 0 Å². The van der Waals surface area contributed by atoms with E-state index in [1.807, 2.05) is 6.20 Å². The zero-order valence-corrected chi connectivity index (χ0v) is 10.4. The van der Waals surface area contributed by atoms with Crippen LogP contribution in [0.15, 0.2) is 36.5 Å². The number of aromatic amines is 1. The third-order valence-corrected chi connectivity index (χ3v) is 3.68. The Bertz CT molecular complexity index is 466. The van der Waals surface area contributed by atoms with Crippen LogP contribution in [0.3, 0.4) is 0 Å². The topological polar surface area (TPSA) is 44.8 Å². The molecule has 1 fully saturated rings. The largest absolute Gasteiger partial charge is 0.371 e. The fraction of sp³-hybridized carbons (Fsp3) is 0.429. The van der Waals surface area contributed by atoms with Crippen LogP contribution in [0.25, 0.3) is 0 Å². The number of rotatable bonds is 4. The molecule has 0 radical (unpaired) electrons. The highest BCUT2D eigenvalue weighted by molar-refractivity contribution is 5.46. The molecule has 0 amide bonds. The van der Waals surface area contributed by atoms with Gasteiger partial charge in [0, 0.05) is 18.8 Å². The molecule has 3 rings (SSSR count). The lowest BCUT2D eigenvalue weighted by atomic mass is 10.0. The molecule has 0 aliphatic carbocycles. The number of aryl methyl sites for hydroxylation is 1. The standard InChI is InChI=1S/C14H18N4/c1-2-4-14(5-3-1)18-9-8-12(11-18)6-7-13-10-15-17-16-13/h1-5,10,12H,6-9,11H2,(H,15,16,17). The summed E-state index contributed by atoms with van der Waals surface area (Å²) in [4.78, 5) is 2.48. The van der Waals surface area contributed by atoms with Crippen molar-refractivity contribution < 1.29 is 0 Å². The van der Waals surface area contributed by atoms with Crippen LogP contribution in [0.2, 0.25) is 0 Å². The van der Waals surface area contributed by atoms with Crippen LogP contribution in [-0.2, 0) is 6.42 Å². The van der Waals surface area contributed by atoms with Crippen LogP contribution in [0.4, 0.5) is 5.69 Å². The Morgan fingerprint density at radius 3 is 2.94 bits per heavy atom. The lowest BCUT2D eigenvalue weighted by molar-refractivity contribution is 0.534. The van der Waals surface area contributed by atoms with Crippen molar-refractivity contribution in [2.24, 2.45) is 5.92 Å². The van der Waals surface area contributed by atoms with E-state index in [0.717, 1.165) is 18.0 Å². The smallest absolute Gasteiger partial charge is 0.0824 e. The normalized spacial score (nSPS) is 19.3. The molecule has 4 nitrogen and oxygen atoms in total. The summed E-state index contributed by atoms with van der Waals surface area (Å²) in [5.41, 5.74) is 2.43. The first kappa shape index (κ1) is 11.3. The van der Waals surface area contributed by atoms with Crippen LogP contribution < -0.4 is 4.90 Å². The van der Waals surface area contributed by atoms with Crippen molar-refractivity contribution in [2.45, 2.75) is 19.3 Å². The van der Waals surface area contributed by atoms with E-state index < -0.39 is 0 Å². The molecule has 18 heavy (non-hydrogen) atoms. The number of nitrogens with one attached hydrogen (secondary N) is 1. The molecule has 1 unspecified atom stereocenters. The average molecular weight is 242 g/mol. The van der Waals surface area contributed by atoms with E-state index in [0.29, 0.717) is 0 Å². The predicted octanol–water partition coefficient (Wildman–Crippen LogP) is 2.26. The minimum absolute atomic E-state index is 0.780. The van der Waals surface area contributed by atoms with Gasteiger partial charge in [-0.25, -0.2) is 0 Å². The van der Waals surface area contributed by atoms with E-state index in [2.05, 4.69) is 50.6 Å². The van der Waals surface area contributed by atoms with Gasteiger partial charge in [-0.15, -0.1) is 0 Å². The van der Waals surface area contributed by atoms with E-state index in [1.54, 1.807) is 0 Å². The fourth-order valence-corrected chi connectivity index (χ4v) is 2.64. The minimum Gasteiger partial charge on any atom is -0.371 e. The number of H-pyrrole nitrogens is 1. The van der Waals surface area contributed by atoms with Gasteiger partial charge in [-0.2, -0.15) is 15.4 Å². The first-order valence-corrected chi connectivity index (χ1v) is 6.56. The van der Waals surface area contributed by atoms with Crippen molar-refractivity contribution in [3.8, 4) is 0 Å². The molecular weight excluding hydrogens is 224 g/mol. The molecule has 0 saturated carbocycles. The maximum absolute atomic E-state index is 4.10. The molecule has 1 aromatic heterocycles. The van der Waals surface area contributed by atoms with Gasteiger partial charge < -0.3 is 4.90 Å². The predicted molar refractivity (Wildman–Crippen MR) is 71.5 cm³/mol. The number of hydrogen-bond acceptors (Lipinski definition) is 3. The molecule has 0 spiro atoms. The van der Waals surface area contributed by atoms with Gasteiger partial charge in [-0.05, 0) is 37.3 Å². The quantitative estimate of drug-likeness (QED) is 0.894. The highest BCUT2D eigenvalue weighted by atomic mass is 15.3. The molecule has 1 N–H and O–H groups in total. The number of aromatic nitrogens is 3. The van der Waals surface area contributed by atoms with Crippen LogP contribution in [-0.4, -0.2) is 28.5 Å². The summed E-state index contributed by atoms with van der Waals surface area (Å²) in [6.07, 6.45) is 5.34. The number of anilines is 1. The third-order valence-electron chi connectivity index (χ3n) is 3.68. The summed E-state index contributed by atoms with van der Waals surface area (Å²) < 4.78 is 0. The van der Waals surface area contributed by atoms with E-state index in [4.69, 9.17) is 0 Å². The SMILES string of the molecule is c1ccc(N2CCC(CCc3cn[nH]n3)C2)cc1. The van der Waals surface area contributed by atoms with Crippen molar-refractivity contribution in [1.82, 2.24) is 15.4 Å². The molecule has 1 saturated heterocycles. The van der Waals surface area contributed by atoms with Crippen LogP contribution >= 0.6 is 0 Å². The van der Waals surface area contributed by atoms with Crippen LogP contribution in [0.1, 0.15) is 18.5 Å². The Labute approximate surface area is 107 Å². The number of hydrogen-bond donors (Lipinski definition) is 1. The van der Waals surface area contributed by atoms with Crippen LogP contribution in [0.5, 0.6) is 0 Å². The van der Waals surface area contributed by atoms with Crippen molar-refractivity contribution in [3.05, 3.63) is 42.2 Å². The zero-order valence-electron chi connectivity index (χ0n) is 10.4. The number of benzene rings is 1. The van der Waals surface area contributed by atoms with Crippen molar-refractivity contribution in [2.75, 3.05) is 18.0 Å². The van der Waals surface area contributed by atoms with Gasteiger partial charge in [-0.1, -0.05) is 18.2 Å². The van der Waals surface area contributed by atoms with E-state index >= 15 is 0 Å². The molecule has 2 heterocycles. The number of nitrogens with zero attached hydrogens (tertiary/aromatic N) is 3. The molecule has 1 atom stereocenters. The second-order valence-corrected chi connectivity index (χ2v) is 4.94. The maximum atomic E-state index is 4.10. The monoisotopic (exact) mass is 242 g/mol. The Kier molecular flexibility index (Phi) is 3.26. The second kappa shape index (κ2) is 5.21. The molecular formula is C14H18N4. The highest BCUT2D eigenvalue weighted by Gasteiger charge is 2.22. The minimum atomic E-state index is 0.780. The summed E-state index contributed by atoms with van der Waals surface area (Å²) in [5, 5.41) is 10.6. The maximum Gasteiger partial charge on any atom is 0.0824 e. The van der Waals surface area contributed by atoms with Gasteiger partial charge in [0.25, 0.3) is 0 Å². The van der Waals surface area contributed by atoms with Gasteiger partial charge >= 0.3 is 0 Å². The lowest BCUT2D eigenvalue weighted by Gasteiger charge is -2.18. The Morgan fingerprint density at radius 1 is 1.28 bits per heavy atom. The summed E-state index contributed by atoms with van der Waals surface area (Å²) >= 11 is 0.